The number of hydrogen-bond donors (Lipinski definition) is 2. The first-order valence-corrected chi connectivity index (χ1v) is 4.64. The second-order valence-electron chi connectivity index (χ2n) is 3.04. The quantitative estimate of drug-likeness (QED) is 0.686. The predicted octanol–water partition coefficient (Wildman–Crippen LogP) is 0.877. The van der Waals surface area contributed by atoms with E-state index in [1.165, 1.54) is 0 Å². The van der Waals surface area contributed by atoms with Gasteiger partial charge in [-0.15, -0.1) is 10.2 Å². The highest BCUT2D eigenvalue weighted by Crippen LogP contribution is 2.39. The normalized spacial score (nSPS) is 19.5. The van der Waals surface area contributed by atoms with E-state index in [-0.39, 0.29) is 6.04 Å². The van der Waals surface area contributed by atoms with Crippen molar-refractivity contribution in [2.24, 2.45) is 5.73 Å². The topological polar surface area (TPSA) is 64.9 Å². The molecular weight excluding hydrogens is 174 g/mol. The molecule has 1 atom stereocenters. The third-order valence-corrected chi connectivity index (χ3v) is 2.29. The maximum atomic E-state index is 5.66. The van der Waals surface area contributed by atoms with Crippen molar-refractivity contribution >= 4 is 12.6 Å². The molecule has 4 nitrogen and oxygen atoms in total. The molecule has 2 rings (SSSR count). The van der Waals surface area contributed by atoms with Crippen LogP contribution in [-0.2, 0) is 0 Å². The highest BCUT2D eigenvalue weighted by Gasteiger charge is 2.29. The van der Waals surface area contributed by atoms with Crippen molar-refractivity contribution in [3.05, 3.63) is 11.8 Å². The first-order valence-electron chi connectivity index (χ1n) is 4.01. The largest absolute Gasteiger partial charge is 0.423 e. The maximum absolute atomic E-state index is 5.66. The van der Waals surface area contributed by atoms with E-state index in [2.05, 4.69) is 22.8 Å². The van der Waals surface area contributed by atoms with Crippen molar-refractivity contribution in [3.63, 3.8) is 0 Å². The van der Waals surface area contributed by atoms with Crippen LogP contribution >= 0.6 is 12.6 Å². The average molecular weight is 185 g/mol. The molecule has 0 amide bonds. The van der Waals surface area contributed by atoms with Crippen LogP contribution in [0.3, 0.4) is 0 Å². The van der Waals surface area contributed by atoms with Gasteiger partial charge in [-0.2, -0.15) is 12.6 Å². The van der Waals surface area contributed by atoms with Crippen molar-refractivity contribution in [2.75, 3.05) is 5.75 Å². The molecule has 66 valence electrons. The number of rotatable bonds is 3. The Labute approximate surface area is 75.9 Å². The minimum atomic E-state index is -0.228. The van der Waals surface area contributed by atoms with Gasteiger partial charge in [0.05, 0.1) is 6.04 Å². The highest BCUT2D eigenvalue weighted by molar-refractivity contribution is 7.80. The minimum Gasteiger partial charge on any atom is -0.423 e. The molecule has 2 N–H and O–H groups in total. The van der Waals surface area contributed by atoms with Gasteiger partial charge in [0.25, 0.3) is 0 Å². The van der Waals surface area contributed by atoms with Gasteiger partial charge < -0.3 is 10.2 Å². The van der Waals surface area contributed by atoms with Gasteiger partial charge in [0, 0.05) is 11.7 Å². The lowest BCUT2D eigenvalue weighted by Crippen LogP contribution is -2.11. The molecule has 1 aromatic rings. The van der Waals surface area contributed by atoms with E-state index in [0.717, 1.165) is 18.7 Å². The first kappa shape index (κ1) is 8.07. The summed E-state index contributed by atoms with van der Waals surface area (Å²) in [6, 6.07) is -0.228. The number of nitrogens with two attached hydrogens (primary N) is 1. The Morgan fingerprint density at radius 3 is 2.92 bits per heavy atom. The zero-order valence-electron chi connectivity index (χ0n) is 6.60. The summed E-state index contributed by atoms with van der Waals surface area (Å²) in [4.78, 5) is 0. The SMILES string of the molecule is NC(CS)c1nnc(C2CC2)o1. The Hall–Kier alpha value is -0.550. The second-order valence-corrected chi connectivity index (χ2v) is 3.41. The van der Waals surface area contributed by atoms with Crippen LogP contribution in [0.1, 0.15) is 36.6 Å². The van der Waals surface area contributed by atoms with Gasteiger partial charge in [0.2, 0.25) is 11.8 Å². The fourth-order valence-corrected chi connectivity index (χ4v) is 1.13. The molecule has 5 heteroatoms. The van der Waals surface area contributed by atoms with Crippen molar-refractivity contribution in [3.8, 4) is 0 Å². The molecule has 0 bridgehead atoms. The van der Waals surface area contributed by atoms with Crippen molar-refractivity contribution in [1.29, 1.82) is 0 Å². The van der Waals surface area contributed by atoms with Crippen LogP contribution in [-0.4, -0.2) is 16.0 Å². The molecule has 1 aromatic heterocycles. The number of aromatic nitrogens is 2. The smallest absolute Gasteiger partial charge is 0.234 e. The number of hydrogen-bond acceptors (Lipinski definition) is 5. The Bertz CT molecular complexity index is 271. The molecule has 1 aliphatic rings. The third-order valence-electron chi connectivity index (χ3n) is 1.90. The van der Waals surface area contributed by atoms with E-state index in [0.29, 0.717) is 17.6 Å². The van der Waals surface area contributed by atoms with Gasteiger partial charge in [0.15, 0.2) is 0 Å². The van der Waals surface area contributed by atoms with Crippen LogP contribution in [0, 0.1) is 0 Å². The van der Waals surface area contributed by atoms with Gasteiger partial charge in [0.1, 0.15) is 0 Å². The third kappa shape index (κ3) is 1.47. The predicted molar refractivity (Wildman–Crippen MR) is 47.1 cm³/mol. The van der Waals surface area contributed by atoms with E-state index in [4.69, 9.17) is 10.2 Å². The van der Waals surface area contributed by atoms with E-state index < -0.39 is 0 Å². The van der Waals surface area contributed by atoms with Gasteiger partial charge >= 0.3 is 0 Å². The summed E-state index contributed by atoms with van der Waals surface area (Å²) in [5.41, 5.74) is 5.66. The van der Waals surface area contributed by atoms with Gasteiger partial charge in [-0.1, -0.05) is 0 Å². The van der Waals surface area contributed by atoms with E-state index in [1.807, 2.05) is 0 Å². The summed E-state index contributed by atoms with van der Waals surface area (Å²) < 4.78 is 5.36. The first-order chi connectivity index (χ1) is 5.81. The summed E-state index contributed by atoms with van der Waals surface area (Å²) in [6.45, 7) is 0. The average Bonchev–Trinajstić information content (AvgIpc) is 2.83. The number of nitrogens with zero attached hydrogens (tertiary/aromatic N) is 2. The lowest BCUT2D eigenvalue weighted by molar-refractivity contribution is 0.430. The summed E-state index contributed by atoms with van der Waals surface area (Å²) in [5, 5.41) is 7.77. The zero-order valence-corrected chi connectivity index (χ0v) is 7.50. The van der Waals surface area contributed by atoms with E-state index >= 15 is 0 Å². The lowest BCUT2D eigenvalue weighted by atomic mass is 10.4. The van der Waals surface area contributed by atoms with Gasteiger partial charge in [-0.25, -0.2) is 0 Å². The van der Waals surface area contributed by atoms with Crippen molar-refractivity contribution < 1.29 is 4.42 Å². The molecule has 0 saturated heterocycles. The summed E-state index contributed by atoms with van der Waals surface area (Å²) in [6.07, 6.45) is 2.33. The summed E-state index contributed by atoms with van der Waals surface area (Å²) >= 11 is 4.05. The molecule has 1 saturated carbocycles. The van der Waals surface area contributed by atoms with Crippen LogP contribution in [0.15, 0.2) is 4.42 Å². The van der Waals surface area contributed by atoms with Crippen LogP contribution in [0.25, 0.3) is 0 Å². The van der Waals surface area contributed by atoms with Crippen molar-refractivity contribution in [1.82, 2.24) is 10.2 Å². The van der Waals surface area contributed by atoms with Crippen LogP contribution in [0.2, 0.25) is 0 Å². The fraction of sp³-hybridized carbons (Fsp3) is 0.714. The lowest BCUT2D eigenvalue weighted by Gasteiger charge is -1.99. The minimum absolute atomic E-state index is 0.228. The van der Waals surface area contributed by atoms with Crippen LogP contribution < -0.4 is 5.73 Å². The second kappa shape index (κ2) is 3.06. The summed E-state index contributed by atoms with van der Waals surface area (Å²) in [7, 11) is 0. The van der Waals surface area contributed by atoms with Gasteiger partial charge in [-0.3, -0.25) is 0 Å². The Balaban J connectivity index is 2.12. The molecule has 0 spiro atoms. The maximum Gasteiger partial charge on any atom is 0.234 e. The van der Waals surface area contributed by atoms with Crippen molar-refractivity contribution in [2.45, 2.75) is 24.8 Å². The molecule has 1 unspecified atom stereocenters. The highest BCUT2D eigenvalue weighted by atomic mass is 32.1. The molecule has 0 radical (unpaired) electrons. The molecule has 1 heterocycles. The molecule has 1 aliphatic carbocycles. The standard InChI is InChI=1S/C7H11N3OS/c8-5(3-12)7-10-9-6(11-7)4-1-2-4/h4-5,12H,1-3,8H2. The Morgan fingerprint density at radius 1 is 1.58 bits per heavy atom. The fourth-order valence-electron chi connectivity index (χ4n) is 0.970. The Morgan fingerprint density at radius 2 is 2.33 bits per heavy atom. The molecule has 1 fully saturated rings. The Kier molecular flexibility index (Phi) is 2.06. The van der Waals surface area contributed by atoms with Gasteiger partial charge in [-0.05, 0) is 12.8 Å². The number of thiol groups is 1. The molecular formula is C7H11N3OS. The zero-order chi connectivity index (χ0) is 8.55. The molecule has 0 aromatic carbocycles. The monoisotopic (exact) mass is 185 g/mol. The van der Waals surface area contributed by atoms with Crippen LogP contribution in [0.4, 0.5) is 0 Å². The molecule has 12 heavy (non-hydrogen) atoms. The summed E-state index contributed by atoms with van der Waals surface area (Å²) in [5.74, 6) is 2.28. The molecule has 0 aliphatic heterocycles. The van der Waals surface area contributed by atoms with Crippen LogP contribution in [0.5, 0.6) is 0 Å². The van der Waals surface area contributed by atoms with E-state index in [1.54, 1.807) is 0 Å². The van der Waals surface area contributed by atoms with E-state index in [9.17, 15) is 0 Å².